The molecule has 0 aliphatic carbocycles. The molecule has 1 heterocycles. The molecule has 0 atom stereocenters. The van der Waals surface area contributed by atoms with Gasteiger partial charge in [0, 0.05) is 6.07 Å². The predicted molar refractivity (Wildman–Crippen MR) is 33.2 cm³/mol. The van der Waals surface area contributed by atoms with Gasteiger partial charge in [-0.15, -0.1) is 0 Å². The number of hydrogen-bond donors (Lipinski definition) is 1. The second kappa shape index (κ2) is 4.11. The molecule has 0 saturated heterocycles. The van der Waals surface area contributed by atoms with Crippen LogP contribution in [0.3, 0.4) is 0 Å². The van der Waals surface area contributed by atoms with Crippen LogP contribution in [0.25, 0.3) is 0 Å². The zero-order chi connectivity index (χ0) is 8.48. The molecule has 1 aromatic heterocycles. The third-order valence-corrected chi connectivity index (χ3v) is 1.07. The summed E-state index contributed by atoms with van der Waals surface area (Å²) in [6, 6.07) is 2.89. The van der Waals surface area contributed by atoms with Crippen molar-refractivity contribution in [3.63, 3.8) is 0 Å². The summed E-state index contributed by atoms with van der Waals surface area (Å²) in [6.45, 7) is 0. The molecule has 6 heteroatoms. The normalized spacial score (nSPS) is 10.6. The summed E-state index contributed by atoms with van der Waals surface area (Å²) in [5.74, 6) is 0. The monoisotopic (exact) mass is 187 g/mol. The number of H-pyrrole nitrogens is 1. The molecule has 1 rings (SSSR count). The standard InChI is InChI=1S/C6H4F3NO.Na.H/c7-6(8,9)4-2-1-3-5(11)10-4;;/h1-3H,(H,10,11);;/q;+1;-1. The van der Waals surface area contributed by atoms with E-state index in [9.17, 15) is 18.0 Å². The van der Waals surface area contributed by atoms with Crippen LogP contribution in [-0.2, 0) is 6.18 Å². The van der Waals surface area contributed by atoms with E-state index < -0.39 is 17.4 Å². The third kappa shape index (κ3) is 3.00. The molecule has 2 nitrogen and oxygen atoms in total. The van der Waals surface area contributed by atoms with Crippen molar-refractivity contribution in [2.45, 2.75) is 6.18 Å². The van der Waals surface area contributed by atoms with Crippen LogP contribution in [0, 0.1) is 0 Å². The van der Waals surface area contributed by atoms with Crippen molar-refractivity contribution in [1.29, 1.82) is 0 Å². The van der Waals surface area contributed by atoms with E-state index in [4.69, 9.17) is 0 Å². The van der Waals surface area contributed by atoms with E-state index in [1.54, 1.807) is 4.98 Å². The number of alkyl halides is 3. The first-order valence-corrected chi connectivity index (χ1v) is 2.77. The predicted octanol–water partition coefficient (Wildman–Crippen LogP) is -1.49. The SMILES string of the molecule is O=c1cccc(C(F)(F)F)[nH]1.[H-].[Na+]. The van der Waals surface area contributed by atoms with Crippen molar-refractivity contribution in [1.82, 2.24) is 4.98 Å². The molecule has 0 unspecified atom stereocenters. The van der Waals surface area contributed by atoms with Crippen LogP contribution in [0.5, 0.6) is 0 Å². The Bertz CT molecular complexity index is 311. The largest absolute Gasteiger partial charge is 1.00 e. The first kappa shape index (κ1) is 11.7. The maximum absolute atomic E-state index is 11.8. The Morgan fingerprint density at radius 2 is 1.92 bits per heavy atom. The molecular weight excluding hydrogens is 182 g/mol. The van der Waals surface area contributed by atoms with Gasteiger partial charge < -0.3 is 6.41 Å². The van der Waals surface area contributed by atoms with Crippen molar-refractivity contribution >= 4 is 0 Å². The zero-order valence-electron chi connectivity index (χ0n) is 7.27. The van der Waals surface area contributed by atoms with Gasteiger partial charge in [-0.05, 0) is 6.07 Å². The molecule has 0 fully saturated rings. The molecular formula is C6H5F3NNaO. The Labute approximate surface area is 89.6 Å². The minimum Gasteiger partial charge on any atom is -1.00 e. The molecule has 12 heavy (non-hydrogen) atoms. The molecule has 1 N–H and O–H groups in total. The van der Waals surface area contributed by atoms with E-state index in [-0.39, 0.29) is 31.0 Å². The summed E-state index contributed by atoms with van der Waals surface area (Å²) >= 11 is 0. The van der Waals surface area contributed by atoms with Gasteiger partial charge >= 0.3 is 35.7 Å². The van der Waals surface area contributed by atoms with E-state index in [0.29, 0.717) is 0 Å². The number of aromatic nitrogens is 1. The van der Waals surface area contributed by atoms with Gasteiger partial charge in [0.25, 0.3) is 0 Å². The molecule has 0 aliphatic heterocycles. The maximum Gasteiger partial charge on any atom is 1.00 e. The first-order chi connectivity index (χ1) is 5.00. The van der Waals surface area contributed by atoms with Gasteiger partial charge in [0.15, 0.2) is 0 Å². The second-order valence-electron chi connectivity index (χ2n) is 1.93. The molecule has 0 aromatic carbocycles. The van der Waals surface area contributed by atoms with Crippen molar-refractivity contribution in [3.05, 3.63) is 34.2 Å². The van der Waals surface area contributed by atoms with E-state index in [1.165, 1.54) is 0 Å². The van der Waals surface area contributed by atoms with Gasteiger partial charge in [-0.2, -0.15) is 13.2 Å². The maximum atomic E-state index is 11.8. The topological polar surface area (TPSA) is 32.9 Å². The average molecular weight is 187 g/mol. The Balaban J connectivity index is 0. The van der Waals surface area contributed by atoms with Gasteiger partial charge in [-0.25, -0.2) is 0 Å². The van der Waals surface area contributed by atoms with E-state index >= 15 is 0 Å². The molecule has 62 valence electrons. The molecule has 0 saturated carbocycles. The van der Waals surface area contributed by atoms with Crippen LogP contribution in [-0.4, -0.2) is 4.98 Å². The molecule has 0 aliphatic rings. The summed E-state index contributed by atoms with van der Waals surface area (Å²) in [7, 11) is 0. The summed E-state index contributed by atoms with van der Waals surface area (Å²) in [5.41, 5.74) is -1.77. The molecule has 1 aromatic rings. The summed E-state index contributed by atoms with van der Waals surface area (Å²) in [4.78, 5) is 12.0. The van der Waals surface area contributed by atoms with Crippen LogP contribution in [0.2, 0.25) is 0 Å². The number of nitrogens with one attached hydrogen (secondary N) is 1. The molecule has 0 spiro atoms. The van der Waals surface area contributed by atoms with Crippen molar-refractivity contribution < 1.29 is 44.2 Å². The minimum atomic E-state index is -4.47. The third-order valence-electron chi connectivity index (χ3n) is 1.07. The Hall–Kier alpha value is -0.260. The Morgan fingerprint density at radius 3 is 2.25 bits per heavy atom. The van der Waals surface area contributed by atoms with E-state index in [2.05, 4.69) is 0 Å². The van der Waals surface area contributed by atoms with Crippen LogP contribution in [0.15, 0.2) is 23.0 Å². The molecule has 0 bridgehead atoms. The number of aromatic amines is 1. The van der Waals surface area contributed by atoms with Crippen LogP contribution >= 0.6 is 0 Å². The fourth-order valence-corrected chi connectivity index (χ4v) is 0.613. The van der Waals surface area contributed by atoms with Gasteiger partial charge in [0.05, 0.1) is 0 Å². The number of halogens is 3. The fraction of sp³-hybridized carbons (Fsp3) is 0.167. The summed E-state index contributed by atoms with van der Waals surface area (Å²) in [5, 5.41) is 0. The first-order valence-electron chi connectivity index (χ1n) is 2.77. The molecule has 0 amide bonds. The summed E-state index contributed by atoms with van der Waals surface area (Å²) < 4.78 is 35.4. The van der Waals surface area contributed by atoms with Crippen LogP contribution < -0.4 is 35.1 Å². The van der Waals surface area contributed by atoms with Crippen LogP contribution in [0.4, 0.5) is 13.2 Å². The quantitative estimate of drug-likeness (QED) is 0.493. The Morgan fingerprint density at radius 1 is 1.33 bits per heavy atom. The smallest absolute Gasteiger partial charge is 1.00 e. The Kier molecular flexibility index (Phi) is 4.02. The van der Waals surface area contributed by atoms with Gasteiger partial charge in [-0.1, -0.05) is 6.07 Å². The van der Waals surface area contributed by atoms with Gasteiger partial charge in [0.1, 0.15) is 5.69 Å². The van der Waals surface area contributed by atoms with Crippen molar-refractivity contribution in [2.24, 2.45) is 0 Å². The summed E-state index contributed by atoms with van der Waals surface area (Å²) in [6.07, 6.45) is -4.47. The average Bonchev–Trinajstić information content (AvgIpc) is 1.86. The number of hydrogen-bond acceptors (Lipinski definition) is 1. The number of pyridine rings is 1. The van der Waals surface area contributed by atoms with Gasteiger partial charge in [-0.3, -0.25) is 4.79 Å². The van der Waals surface area contributed by atoms with E-state index in [0.717, 1.165) is 18.2 Å². The van der Waals surface area contributed by atoms with Crippen molar-refractivity contribution in [3.8, 4) is 0 Å². The number of rotatable bonds is 0. The zero-order valence-corrected chi connectivity index (χ0v) is 8.27. The second-order valence-corrected chi connectivity index (χ2v) is 1.93. The molecule has 0 radical (unpaired) electrons. The van der Waals surface area contributed by atoms with E-state index in [1.807, 2.05) is 0 Å². The van der Waals surface area contributed by atoms with Crippen LogP contribution in [0.1, 0.15) is 7.12 Å². The van der Waals surface area contributed by atoms with Crippen molar-refractivity contribution in [2.75, 3.05) is 0 Å². The minimum absolute atomic E-state index is 0. The fourth-order valence-electron chi connectivity index (χ4n) is 0.613. The van der Waals surface area contributed by atoms with Gasteiger partial charge in [0.2, 0.25) is 5.56 Å².